The van der Waals surface area contributed by atoms with E-state index in [4.69, 9.17) is 16.8 Å². The van der Waals surface area contributed by atoms with Crippen molar-refractivity contribution in [3.05, 3.63) is 34.9 Å². The molecule has 1 aromatic rings. The fourth-order valence-corrected chi connectivity index (χ4v) is 1.39. The van der Waals surface area contributed by atoms with Gasteiger partial charge in [-0.1, -0.05) is 23.7 Å². The molecule has 0 fully saturated rings. The third-order valence-corrected chi connectivity index (χ3v) is 2.19. The Morgan fingerprint density at radius 3 is 2.88 bits per heavy atom. The minimum absolute atomic E-state index is 0.160. The first kappa shape index (κ1) is 12.6. The van der Waals surface area contributed by atoms with Crippen molar-refractivity contribution in [1.29, 1.82) is 0 Å². The fraction of sp³-hybridized carbons (Fsp3) is 0.200. The van der Waals surface area contributed by atoms with Gasteiger partial charge in [-0.3, -0.25) is 15.3 Å². The number of aldehydes is 1. The Bertz CT molecular complexity index is 384. The van der Waals surface area contributed by atoms with E-state index in [1.807, 2.05) is 0 Å². The maximum absolute atomic E-state index is 10.8. The Morgan fingerprint density at radius 2 is 2.31 bits per heavy atom. The monoisotopic (exact) mass is 242 g/mol. The van der Waals surface area contributed by atoms with Gasteiger partial charge in [-0.05, 0) is 17.7 Å². The Kier molecular flexibility index (Phi) is 4.91. The average molecular weight is 243 g/mol. The van der Waals surface area contributed by atoms with Crippen molar-refractivity contribution < 1.29 is 14.8 Å². The average Bonchev–Trinajstić information content (AvgIpc) is 2.29. The number of rotatable bonds is 5. The first-order chi connectivity index (χ1) is 7.67. The summed E-state index contributed by atoms with van der Waals surface area (Å²) in [4.78, 5) is 21.6. The highest BCUT2D eigenvalue weighted by Gasteiger charge is 2.11. The van der Waals surface area contributed by atoms with Crippen LogP contribution in [0.5, 0.6) is 0 Å². The first-order valence-electron chi connectivity index (χ1n) is 4.54. The summed E-state index contributed by atoms with van der Waals surface area (Å²) in [5, 5.41) is 11.5. The molecule has 0 saturated heterocycles. The predicted molar refractivity (Wildman–Crippen MR) is 58.2 cm³/mol. The zero-order chi connectivity index (χ0) is 12.0. The van der Waals surface area contributed by atoms with Crippen molar-refractivity contribution in [2.45, 2.75) is 6.04 Å². The maximum atomic E-state index is 10.8. The van der Waals surface area contributed by atoms with Crippen molar-refractivity contribution in [2.24, 2.45) is 0 Å². The van der Waals surface area contributed by atoms with Gasteiger partial charge in [-0.15, -0.1) is 0 Å². The summed E-state index contributed by atoms with van der Waals surface area (Å²) in [5.41, 5.74) is 2.12. The molecule has 0 radical (unpaired) electrons. The second-order valence-corrected chi connectivity index (χ2v) is 3.52. The lowest BCUT2D eigenvalue weighted by molar-refractivity contribution is -0.128. The number of hydrogen-bond donors (Lipinski definition) is 3. The normalized spacial score (nSPS) is 11.9. The van der Waals surface area contributed by atoms with Gasteiger partial charge >= 0.3 is 0 Å². The Hall–Kier alpha value is -1.43. The number of carbonyl (C=O) groups is 2. The molecule has 0 aliphatic rings. The Labute approximate surface area is 97.4 Å². The van der Waals surface area contributed by atoms with Crippen LogP contribution < -0.4 is 10.8 Å². The lowest BCUT2D eigenvalue weighted by atomic mass is 10.1. The zero-order valence-electron chi connectivity index (χ0n) is 8.31. The highest BCUT2D eigenvalue weighted by atomic mass is 35.5. The van der Waals surface area contributed by atoms with Crippen LogP contribution in [0.4, 0.5) is 0 Å². The summed E-state index contributed by atoms with van der Waals surface area (Å²) < 4.78 is 0. The van der Waals surface area contributed by atoms with Gasteiger partial charge in [-0.2, -0.15) is 0 Å². The Morgan fingerprint density at radius 1 is 1.56 bits per heavy atom. The van der Waals surface area contributed by atoms with Crippen molar-refractivity contribution >= 4 is 23.8 Å². The molecule has 1 amide bonds. The molecule has 1 aromatic carbocycles. The van der Waals surface area contributed by atoms with E-state index in [1.165, 1.54) is 5.48 Å². The summed E-state index contributed by atoms with van der Waals surface area (Å²) >= 11 is 5.77. The van der Waals surface area contributed by atoms with E-state index in [-0.39, 0.29) is 6.54 Å². The molecule has 1 unspecified atom stereocenters. The van der Waals surface area contributed by atoms with E-state index in [0.717, 1.165) is 0 Å². The predicted octanol–water partition coefficient (Wildman–Crippen LogP) is 0.675. The van der Waals surface area contributed by atoms with Gasteiger partial charge in [0.15, 0.2) is 0 Å². The van der Waals surface area contributed by atoms with Crippen LogP contribution in [0, 0.1) is 0 Å². The molecule has 0 aliphatic carbocycles. The summed E-state index contributed by atoms with van der Waals surface area (Å²) in [7, 11) is 0. The third kappa shape index (κ3) is 3.62. The van der Waals surface area contributed by atoms with Crippen LogP contribution in [-0.2, 0) is 9.59 Å². The van der Waals surface area contributed by atoms with Gasteiger partial charge in [-0.25, -0.2) is 5.48 Å². The topological polar surface area (TPSA) is 78.4 Å². The van der Waals surface area contributed by atoms with E-state index < -0.39 is 11.9 Å². The second-order valence-electron chi connectivity index (χ2n) is 3.08. The van der Waals surface area contributed by atoms with E-state index in [2.05, 4.69) is 5.32 Å². The SMILES string of the molecule is O=CC(NCC(=O)NO)c1cccc(Cl)c1. The van der Waals surface area contributed by atoms with Gasteiger partial charge in [0.25, 0.3) is 5.91 Å². The van der Waals surface area contributed by atoms with E-state index in [9.17, 15) is 9.59 Å². The van der Waals surface area contributed by atoms with Crippen molar-refractivity contribution in [3.8, 4) is 0 Å². The molecule has 6 heteroatoms. The molecular formula is C10H11ClN2O3. The molecule has 1 atom stereocenters. The number of amides is 1. The quantitative estimate of drug-likeness (QED) is 0.403. The summed E-state index contributed by atoms with van der Waals surface area (Å²) in [6.45, 7) is -0.160. The summed E-state index contributed by atoms with van der Waals surface area (Å²) in [6, 6.07) is 6.12. The molecule has 0 aromatic heterocycles. The molecule has 5 nitrogen and oxygen atoms in total. The number of carbonyl (C=O) groups excluding carboxylic acids is 2. The number of halogens is 1. The number of hydroxylamine groups is 1. The highest BCUT2D eigenvalue weighted by molar-refractivity contribution is 6.30. The van der Waals surface area contributed by atoms with E-state index in [1.54, 1.807) is 24.3 Å². The van der Waals surface area contributed by atoms with Crippen molar-refractivity contribution in [1.82, 2.24) is 10.8 Å². The number of benzene rings is 1. The number of hydrogen-bond acceptors (Lipinski definition) is 4. The maximum Gasteiger partial charge on any atom is 0.257 e. The first-order valence-corrected chi connectivity index (χ1v) is 4.92. The second kappa shape index (κ2) is 6.22. The van der Waals surface area contributed by atoms with Crippen LogP contribution in [0.2, 0.25) is 5.02 Å². The molecule has 1 rings (SSSR count). The summed E-state index contributed by atoms with van der Waals surface area (Å²) in [6.07, 6.45) is 0.663. The van der Waals surface area contributed by atoms with Crippen molar-refractivity contribution in [2.75, 3.05) is 6.54 Å². The standard InChI is InChI=1S/C10H11ClN2O3/c11-8-3-1-2-7(4-8)9(6-14)12-5-10(15)13-16/h1-4,6,9,12,16H,5H2,(H,13,15). The molecule has 86 valence electrons. The molecule has 0 heterocycles. The molecule has 16 heavy (non-hydrogen) atoms. The third-order valence-electron chi connectivity index (χ3n) is 1.95. The van der Waals surface area contributed by atoms with Crippen LogP contribution in [0.3, 0.4) is 0 Å². The van der Waals surface area contributed by atoms with Crippen LogP contribution in [-0.4, -0.2) is 23.9 Å². The molecule has 0 bridgehead atoms. The van der Waals surface area contributed by atoms with Gasteiger partial charge in [0.2, 0.25) is 0 Å². The largest absolute Gasteiger partial charge is 0.301 e. The summed E-state index contributed by atoms with van der Waals surface area (Å²) in [5.74, 6) is -0.617. The van der Waals surface area contributed by atoms with Crippen LogP contribution in [0.25, 0.3) is 0 Å². The Balaban J connectivity index is 2.67. The number of nitrogens with one attached hydrogen (secondary N) is 2. The van der Waals surface area contributed by atoms with Crippen molar-refractivity contribution in [3.63, 3.8) is 0 Å². The minimum Gasteiger partial charge on any atom is -0.301 e. The van der Waals surface area contributed by atoms with Crippen LogP contribution in [0.15, 0.2) is 24.3 Å². The van der Waals surface area contributed by atoms with Gasteiger partial charge in [0.05, 0.1) is 12.6 Å². The molecule has 0 spiro atoms. The molecule has 0 aliphatic heterocycles. The minimum atomic E-state index is -0.629. The zero-order valence-corrected chi connectivity index (χ0v) is 9.07. The van der Waals surface area contributed by atoms with Gasteiger partial charge in [0, 0.05) is 5.02 Å². The lowest BCUT2D eigenvalue weighted by Gasteiger charge is -2.12. The fourth-order valence-electron chi connectivity index (χ4n) is 1.19. The molecule has 3 N–H and O–H groups in total. The lowest BCUT2D eigenvalue weighted by Crippen LogP contribution is -2.34. The van der Waals surface area contributed by atoms with Gasteiger partial charge < -0.3 is 4.79 Å². The highest BCUT2D eigenvalue weighted by Crippen LogP contribution is 2.16. The molecule has 0 saturated carbocycles. The van der Waals surface area contributed by atoms with E-state index >= 15 is 0 Å². The van der Waals surface area contributed by atoms with Crippen LogP contribution >= 0.6 is 11.6 Å². The smallest absolute Gasteiger partial charge is 0.257 e. The van der Waals surface area contributed by atoms with Gasteiger partial charge in [0.1, 0.15) is 6.29 Å². The molecular weight excluding hydrogens is 232 g/mol. The van der Waals surface area contributed by atoms with E-state index in [0.29, 0.717) is 16.9 Å². The van der Waals surface area contributed by atoms with Crippen LogP contribution in [0.1, 0.15) is 11.6 Å².